The molecule has 2 atom stereocenters. The Bertz CT molecular complexity index is 918. The largest absolute Gasteiger partial charge is 0.479 e. The molecule has 1 fully saturated rings. The van der Waals surface area contributed by atoms with E-state index in [1.807, 2.05) is 29.2 Å². The molecule has 0 amide bonds. The molecular formula is C19H18ClN3O4. The predicted octanol–water partition coefficient (Wildman–Crippen LogP) is 2.24. The van der Waals surface area contributed by atoms with Crippen LogP contribution in [0.3, 0.4) is 0 Å². The number of piperazine rings is 1. The molecule has 3 N–H and O–H groups in total. The number of aliphatic imine (C=N–C) groups is 1. The van der Waals surface area contributed by atoms with Crippen LogP contribution in [-0.2, 0) is 4.79 Å². The van der Waals surface area contributed by atoms with Gasteiger partial charge in [0.05, 0.1) is 11.6 Å². The van der Waals surface area contributed by atoms with Gasteiger partial charge in [-0.2, -0.15) is 0 Å². The Hall–Kier alpha value is -2.61. The zero-order valence-corrected chi connectivity index (χ0v) is 15.1. The molecule has 0 bridgehead atoms. The van der Waals surface area contributed by atoms with Gasteiger partial charge in [0.1, 0.15) is 17.3 Å². The first-order chi connectivity index (χ1) is 13.0. The normalized spacial score (nSPS) is 19.9. The Morgan fingerprint density at radius 2 is 2.11 bits per heavy atom. The molecule has 0 unspecified atom stereocenters. The molecule has 27 heavy (non-hydrogen) atoms. The van der Waals surface area contributed by atoms with Crippen molar-refractivity contribution in [3.05, 3.63) is 53.1 Å². The van der Waals surface area contributed by atoms with Gasteiger partial charge in [-0.05, 0) is 30.3 Å². The third-order valence-corrected chi connectivity index (χ3v) is 4.87. The van der Waals surface area contributed by atoms with Crippen LogP contribution in [0.4, 0.5) is 5.69 Å². The summed E-state index contributed by atoms with van der Waals surface area (Å²) in [6.45, 7) is 1.45. The van der Waals surface area contributed by atoms with Crippen molar-refractivity contribution in [1.29, 1.82) is 0 Å². The number of ether oxygens (including phenoxy) is 1. The number of amidine groups is 1. The van der Waals surface area contributed by atoms with Gasteiger partial charge in [-0.25, -0.2) is 9.79 Å². The number of aliphatic hydroxyl groups excluding tert-OH is 1. The Labute approximate surface area is 160 Å². The van der Waals surface area contributed by atoms with Gasteiger partial charge in [0, 0.05) is 24.7 Å². The molecule has 0 saturated carbocycles. The van der Waals surface area contributed by atoms with Crippen LogP contribution in [0.2, 0.25) is 5.02 Å². The molecule has 2 heterocycles. The number of halogens is 1. The minimum Gasteiger partial charge on any atom is -0.479 e. The van der Waals surface area contributed by atoms with Crippen molar-refractivity contribution in [1.82, 2.24) is 10.2 Å². The number of hydrogen-bond donors (Lipinski definition) is 3. The fourth-order valence-electron chi connectivity index (χ4n) is 3.29. The van der Waals surface area contributed by atoms with Crippen LogP contribution in [0.5, 0.6) is 11.5 Å². The number of fused-ring (bicyclic) bond motifs is 2. The summed E-state index contributed by atoms with van der Waals surface area (Å²) in [5.41, 5.74) is 1.40. The lowest BCUT2D eigenvalue weighted by Crippen LogP contribution is -2.58. The van der Waals surface area contributed by atoms with Gasteiger partial charge in [0.25, 0.3) is 0 Å². The van der Waals surface area contributed by atoms with Gasteiger partial charge in [-0.1, -0.05) is 23.7 Å². The molecule has 0 aliphatic carbocycles. The van der Waals surface area contributed by atoms with Crippen molar-refractivity contribution >= 4 is 29.1 Å². The fourth-order valence-corrected chi connectivity index (χ4v) is 3.46. The number of rotatable bonds is 2. The number of para-hydroxylation sites is 1. The van der Waals surface area contributed by atoms with E-state index in [9.17, 15) is 9.90 Å². The topological polar surface area (TPSA) is 94.4 Å². The molecule has 140 valence electrons. The summed E-state index contributed by atoms with van der Waals surface area (Å²) in [4.78, 5) is 17.9. The average Bonchev–Trinajstić information content (AvgIpc) is 2.84. The second-order valence-corrected chi connectivity index (χ2v) is 6.87. The standard InChI is InChI=1S/C19H18ClN3O4/c20-11-5-6-16-13(9-11)22-18(12-3-1-2-4-15(12)27-16)23-8-7-21-14(10-23)17(24)19(25)26/h1-6,9,14,17,21,24H,7-8,10H2,(H,25,26)/t14-,17-/m1/s1. The van der Waals surface area contributed by atoms with E-state index in [2.05, 4.69) is 5.32 Å². The van der Waals surface area contributed by atoms with Crippen molar-refractivity contribution in [2.24, 2.45) is 4.99 Å². The fraction of sp³-hybridized carbons (Fsp3) is 0.263. The van der Waals surface area contributed by atoms with Crippen LogP contribution in [-0.4, -0.2) is 58.7 Å². The molecule has 0 spiro atoms. The molecule has 4 rings (SSSR count). The van der Waals surface area contributed by atoms with Gasteiger partial charge >= 0.3 is 5.97 Å². The maximum atomic E-state index is 11.2. The maximum absolute atomic E-state index is 11.2. The van der Waals surface area contributed by atoms with Gasteiger partial charge in [-0.3, -0.25) is 0 Å². The van der Waals surface area contributed by atoms with Gasteiger partial charge in [-0.15, -0.1) is 0 Å². The number of nitrogens with zero attached hydrogens (tertiary/aromatic N) is 2. The quantitative estimate of drug-likeness (QED) is 0.731. The van der Waals surface area contributed by atoms with Crippen LogP contribution in [0.1, 0.15) is 5.56 Å². The van der Waals surface area contributed by atoms with E-state index in [1.54, 1.807) is 18.2 Å². The molecule has 8 heteroatoms. The molecular weight excluding hydrogens is 370 g/mol. The van der Waals surface area contributed by atoms with Crippen molar-refractivity contribution < 1.29 is 19.7 Å². The minimum atomic E-state index is -1.49. The highest BCUT2D eigenvalue weighted by molar-refractivity contribution is 6.31. The highest BCUT2D eigenvalue weighted by Gasteiger charge is 2.33. The van der Waals surface area contributed by atoms with E-state index in [0.29, 0.717) is 47.7 Å². The number of benzene rings is 2. The van der Waals surface area contributed by atoms with Gasteiger partial charge in [0.2, 0.25) is 0 Å². The molecule has 0 radical (unpaired) electrons. The summed E-state index contributed by atoms with van der Waals surface area (Å²) in [5.74, 6) is 0.666. The number of carbonyl (C=O) groups is 1. The van der Waals surface area contributed by atoms with Gasteiger partial charge in [0.15, 0.2) is 11.9 Å². The zero-order chi connectivity index (χ0) is 19.0. The summed E-state index contributed by atoms with van der Waals surface area (Å²) >= 11 is 6.13. The molecule has 2 aliphatic heterocycles. The SMILES string of the molecule is O=C(O)[C@H](O)[C@H]1CN(C2=Nc3cc(Cl)ccc3Oc3ccccc32)CCN1. The van der Waals surface area contributed by atoms with E-state index in [4.69, 9.17) is 26.4 Å². The first kappa shape index (κ1) is 17.8. The zero-order valence-electron chi connectivity index (χ0n) is 14.3. The Morgan fingerprint density at radius 3 is 2.93 bits per heavy atom. The van der Waals surface area contributed by atoms with E-state index in [-0.39, 0.29) is 0 Å². The second-order valence-electron chi connectivity index (χ2n) is 6.44. The summed E-state index contributed by atoms with van der Waals surface area (Å²) in [5, 5.41) is 22.7. The van der Waals surface area contributed by atoms with Crippen LogP contribution in [0, 0.1) is 0 Å². The van der Waals surface area contributed by atoms with E-state index < -0.39 is 18.1 Å². The van der Waals surface area contributed by atoms with Crippen LogP contribution < -0.4 is 10.1 Å². The first-order valence-corrected chi connectivity index (χ1v) is 8.95. The Kier molecular flexibility index (Phi) is 4.73. The number of carboxylic acids is 1. The first-order valence-electron chi connectivity index (χ1n) is 8.57. The van der Waals surface area contributed by atoms with E-state index in [0.717, 1.165) is 5.56 Å². The molecule has 2 aromatic rings. The number of aliphatic hydroxyl groups is 1. The molecule has 1 saturated heterocycles. The smallest absolute Gasteiger partial charge is 0.334 e. The third-order valence-electron chi connectivity index (χ3n) is 4.63. The molecule has 2 aliphatic rings. The monoisotopic (exact) mass is 387 g/mol. The molecule has 7 nitrogen and oxygen atoms in total. The number of hydrogen-bond acceptors (Lipinski definition) is 6. The van der Waals surface area contributed by atoms with Crippen LogP contribution >= 0.6 is 11.6 Å². The van der Waals surface area contributed by atoms with Crippen molar-refractivity contribution in [3.63, 3.8) is 0 Å². The molecule has 2 aromatic carbocycles. The van der Waals surface area contributed by atoms with E-state index >= 15 is 0 Å². The van der Waals surface area contributed by atoms with Crippen molar-refractivity contribution in [3.8, 4) is 11.5 Å². The summed E-state index contributed by atoms with van der Waals surface area (Å²) in [7, 11) is 0. The lowest BCUT2D eigenvalue weighted by molar-refractivity contribution is -0.148. The van der Waals surface area contributed by atoms with Crippen molar-refractivity contribution in [2.45, 2.75) is 12.1 Å². The van der Waals surface area contributed by atoms with Crippen molar-refractivity contribution in [2.75, 3.05) is 19.6 Å². The second kappa shape index (κ2) is 7.19. The van der Waals surface area contributed by atoms with E-state index in [1.165, 1.54) is 0 Å². The predicted molar refractivity (Wildman–Crippen MR) is 101 cm³/mol. The lowest BCUT2D eigenvalue weighted by Gasteiger charge is -2.36. The number of nitrogens with one attached hydrogen (secondary N) is 1. The minimum absolute atomic E-state index is 0.302. The number of aliphatic carboxylic acids is 1. The average molecular weight is 388 g/mol. The lowest BCUT2D eigenvalue weighted by atomic mass is 10.1. The van der Waals surface area contributed by atoms with Crippen LogP contribution in [0.15, 0.2) is 47.5 Å². The Morgan fingerprint density at radius 1 is 1.30 bits per heavy atom. The summed E-state index contributed by atoms with van der Waals surface area (Å²) in [6.07, 6.45) is -1.49. The highest BCUT2D eigenvalue weighted by atomic mass is 35.5. The molecule has 0 aromatic heterocycles. The Balaban J connectivity index is 1.76. The third kappa shape index (κ3) is 3.49. The van der Waals surface area contributed by atoms with Gasteiger partial charge < -0.3 is 25.2 Å². The van der Waals surface area contributed by atoms with Crippen LogP contribution in [0.25, 0.3) is 0 Å². The maximum Gasteiger partial charge on any atom is 0.334 e. The highest BCUT2D eigenvalue weighted by Crippen LogP contribution is 2.39. The number of carboxylic acid groups (broad SMARTS) is 1. The summed E-state index contributed by atoms with van der Waals surface area (Å²) < 4.78 is 6.03. The summed E-state index contributed by atoms with van der Waals surface area (Å²) in [6, 6.07) is 12.2.